The lowest BCUT2D eigenvalue weighted by Gasteiger charge is -2.20. The van der Waals surface area contributed by atoms with Gasteiger partial charge in [0.25, 0.3) is 0 Å². The first kappa shape index (κ1) is 66.6. The Bertz CT molecular complexity index is 1210. The molecule has 0 aliphatic carbocycles. The summed E-state index contributed by atoms with van der Waals surface area (Å²) in [4.78, 5) is 24.5. The van der Waals surface area contributed by atoms with Gasteiger partial charge in [0.15, 0.2) is 0 Å². The minimum atomic E-state index is -0.862. The monoisotopic (exact) mass is 966 g/mol. The van der Waals surface area contributed by atoms with Crippen LogP contribution in [0, 0.1) is 0 Å². The van der Waals surface area contributed by atoms with E-state index in [2.05, 4.69) is 67.8 Å². The smallest absolute Gasteiger partial charge is 0.305 e. The second-order valence-electron chi connectivity index (χ2n) is 20.3. The Kier molecular flexibility index (Phi) is 56.1. The van der Waals surface area contributed by atoms with Crippen molar-refractivity contribution in [3.8, 4) is 0 Å². The third-order valence-corrected chi connectivity index (χ3v) is 13.5. The predicted octanol–water partition coefficient (Wildman–Crippen LogP) is 18.7. The van der Waals surface area contributed by atoms with Gasteiger partial charge in [-0.3, -0.25) is 9.59 Å². The molecule has 2 unspecified atom stereocenters. The van der Waals surface area contributed by atoms with Gasteiger partial charge in [0.05, 0.1) is 25.4 Å². The number of amides is 1. The van der Waals surface area contributed by atoms with Gasteiger partial charge in [0.2, 0.25) is 5.91 Å². The summed E-state index contributed by atoms with van der Waals surface area (Å²) in [6.07, 6.45) is 75.3. The van der Waals surface area contributed by atoms with Gasteiger partial charge in [-0.1, -0.05) is 254 Å². The van der Waals surface area contributed by atoms with Crippen LogP contribution in [0.25, 0.3) is 0 Å². The molecule has 402 valence electrons. The number of rotatable bonds is 55. The molecule has 3 N–H and O–H groups in total. The highest BCUT2D eigenvalue weighted by atomic mass is 16.5. The zero-order valence-corrected chi connectivity index (χ0v) is 45.8. The number of hydrogen-bond donors (Lipinski definition) is 3. The second-order valence-corrected chi connectivity index (χ2v) is 20.3. The van der Waals surface area contributed by atoms with Crippen molar-refractivity contribution in [2.24, 2.45) is 0 Å². The van der Waals surface area contributed by atoms with Crippen LogP contribution in [-0.2, 0) is 14.3 Å². The SMILES string of the molecule is CCCCC/C=C\C/C=C\CCCCCCCC(=O)OCCCCC/C=C\C=C/CCCCCCCCC(=O)NC(CO)C(O)/C=C/CCCCCCCCCCCCCCCCCCCCCC. The quantitative estimate of drug-likeness (QED) is 0.0244. The molecule has 0 aliphatic heterocycles. The first-order valence-electron chi connectivity index (χ1n) is 30.1. The Morgan fingerprint density at radius 1 is 0.420 bits per heavy atom. The summed E-state index contributed by atoms with van der Waals surface area (Å²) in [7, 11) is 0. The number of ether oxygens (including phenoxy) is 1. The molecular formula is C63H115NO5. The van der Waals surface area contributed by atoms with E-state index in [9.17, 15) is 19.8 Å². The van der Waals surface area contributed by atoms with E-state index in [1.54, 1.807) is 6.08 Å². The summed E-state index contributed by atoms with van der Waals surface area (Å²) in [6, 6.07) is -0.647. The molecular weight excluding hydrogens is 851 g/mol. The maximum atomic E-state index is 12.5. The number of allylic oxidation sites excluding steroid dienone is 9. The van der Waals surface area contributed by atoms with Gasteiger partial charge in [0.1, 0.15) is 0 Å². The molecule has 0 aromatic heterocycles. The van der Waals surface area contributed by atoms with Gasteiger partial charge in [0, 0.05) is 12.8 Å². The molecule has 0 spiro atoms. The van der Waals surface area contributed by atoms with E-state index in [0.717, 1.165) is 89.9 Å². The molecule has 0 heterocycles. The number of unbranched alkanes of at least 4 members (excludes halogenated alkanes) is 37. The van der Waals surface area contributed by atoms with Crippen molar-refractivity contribution in [3.05, 3.63) is 60.8 Å². The van der Waals surface area contributed by atoms with Crippen LogP contribution in [0.5, 0.6) is 0 Å². The topological polar surface area (TPSA) is 95.9 Å². The molecule has 6 heteroatoms. The third-order valence-electron chi connectivity index (χ3n) is 13.5. The maximum absolute atomic E-state index is 12.5. The van der Waals surface area contributed by atoms with Crippen molar-refractivity contribution in [2.75, 3.05) is 13.2 Å². The Balaban J connectivity index is 3.56. The fraction of sp³-hybridized carbons (Fsp3) is 0.810. The number of aliphatic hydroxyl groups is 2. The fourth-order valence-corrected chi connectivity index (χ4v) is 8.89. The summed E-state index contributed by atoms with van der Waals surface area (Å²) < 4.78 is 5.44. The summed E-state index contributed by atoms with van der Waals surface area (Å²) in [5, 5.41) is 23.2. The zero-order valence-electron chi connectivity index (χ0n) is 45.8. The standard InChI is InChI=1S/C63H115NO5/c1-3-5-7-9-11-13-15-17-19-20-21-22-23-24-25-28-31-35-39-43-47-51-55-61(66)60(59-65)64-62(67)56-52-48-44-40-36-32-29-26-30-34-38-42-46-50-54-58-69-63(68)57-53-49-45-41-37-33-27-18-16-14-12-10-8-6-4-2/h12,14,18,26-27,30,34,38,51,55,60-61,65-66H,3-11,13,15-17,19-25,28-29,31-33,35-37,39-50,52-54,56-59H2,1-2H3,(H,64,67)/b14-12-,27-18-,30-26-,38-34-,55-51+. The Morgan fingerprint density at radius 3 is 1.22 bits per heavy atom. The van der Waals surface area contributed by atoms with Crippen molar-refractivity contribution in [1.82, 2.24) is 5.32 Å². The van der Waals surface area contributed by atoms with Crippen molar-refractivity contribution in [1.29, 1.82) is 0 Å². The average molecular weight is 967 g/mol. The van der Waals surface area contributed by atoms with Crippen molar-refractivity contribution in [2.45, 2.75) is 315 Å². The first-order valence-corrected chi connectivity index (χ1v) is 30.1. The van der Waals surface area contributed by atoms with Gasteiger partial charge >= 0.3 is 5.97 Å². The largest absolute Gasteiger partial charge is 0.466 e. The zero-order chi connectivity index (χ0) is 50.0. The highest BCUT2D eigenvalue weighted by molar-refractivity contribution is 5.76. The van der Waals surface area contributed by atoms with E-state index in [1.165, 1.54) is 186 Å². The average Bonchev–Trinajstić information content (AvgIpc) is 3.35. The number of carbonyl (C=O) groups is 2. The molecule has 0 saturated heterocycles. The summed E-state index contributed by atoms with van der Waals surface area (Å²) in [5.41, 5.74) is 0. The molecule has 0 saturated carbocycles. The second kappa shape index (κ2) is 58.1. The Labute approximate surface area is 428 Å². The molecule has 2 atom stereocenters. The van der Waals surface area contributed by atoms with Crippen LogP contribution in [0.4, 0.5) is 0 Å². The summed E-state index contributed by atoms with van der Waals surface area (Å²) >= 11 is 0. The van der Waals surface area contributed by atoms with E-state index in [1.807, 2.05) is 6.08 Å². The molecule has 1 amide bonds. The molecule has 0 rings (SSSR count). The molecule has 0 bridgehead atoms. The normalized spacial score (nSPS) is 13.0. The van der Waals surface area contributed by atoms with Gasteiger partial charge in [-0.15, -0.1) is 0 Å². The molecule has 0 aromatic carbocycles. The Hall–Kier alpha value is -2.44. The van der Waals surface area contributed by atoms with Crippen molar-refractivity contribution < 1.29 is 24.5 Å². The van der Waals surface area contributed by atoms with Crippen LogP contribution in [-0.4, -0.2) is 47.4 Å². The molecule has 0 aromatic rings. The van der Waals surface area contributed by atoms with E-state index in [4.69, 9.17) is 4.74 Å². The summed E-state index contributed by atoms with van der Waals surface area (Å²) in [6.45, 7) is 4.82. The lowest BCUT2D eigenvalue weighted by molar-refractivity contribution is -0.143. The van der Waals surface area contributed by atoms with Crippen molar-refractivity contribution in [3.63, 3.8) is 0 Å². The number of aliphatic hydroxyl groups excluding tert-OH is 2. The van der Waals surface area contributed by atoms with Crippen LogP contribution in [0.2, 0.25) is 0 Å². The van der Waals surface area contributed by atoms with Gasteiger partial charge < -0.3 is 20.3 Å². The summed E-state index contributed by atoms with van der Waals surface area (Å²) in [5.74, 6) is -0.127. The van der Waals surface area contributed by atoms with E-state index in [-0.39, 0.29) is 18.5 Å². The molecule has 6 nitrogen and oxygen atoms in total. The van der Waals surface area contributed by atoms with Gasteiger partial charge in [-0.25, -0.2) is 0 Å². The number of esters is 1. The predicted molar refractivity (Wildman–Crippen MR) is 301 cm³/mol. The third kappa shape index (κ3) is 54.7. The van der Waals surface area contributed by atoms with Crippen LogP contribution >= 0.6 is 0 Å². The van der Waals surface area contributed by atoms with Gasteiger partial charge in [-0.05, 0) is 96.3 Å². The van der Waals surface area contributed by atoms with Crippen LogP contribution in [0.15, 0.2) is 60.8 Å². The molecule has 0 aliphatic rings. The number of nitrogens with one attached hydrogen (secondary N) is 1. The lowest BCUT2D eigenvalue weighted by Crippen LogP contribution is -2.45. The van der Waals surface area contributed by atoms with Crippen LogP contribution in [0.1, 0.15) is 303 Å². The molecule has 0 fully saturated rings. The Morgan fingerprint density at radius 2 is 0.768 bits per heavy atom. The van der Waals surface area contributed by atoms with Gasteiger partial charge in [-0.2, -0.15) is 0 Å². The van der Waals surface area contributed by atoms with E-state index < -0.39 is 12.1 Å². The minimum Gasteiger partial charge on any atom is -0.466 e. The maximum Gasteiger partial charge on any atom is 0.305 e. The van der Waals surface area contributed by atoms with Crippen LogP contribution in [0.3, 0.4) is 0 Å². The minimum absolute atomic E-state index is 0.0372. The van der Waals surface area contributed by atoms with E-state index in [0.29, 0.717) is 19.4 Å². The van der Waals surface area contributed by atoms with Crippen molar-refractivity contribution >= 4 is 11.9 Å². The fourth-order valence-electron chi connectivity index (χ4n) is 8.89. The number of carbonyl (C=O) groups excluding carboxylic acids is 2. The molecule has 69 heavy (non-hydrogen) atoms. The van der Waals surface area contributed by atoms with Crippen LogP contribution < -0.4 is 5.32 Å². The highest BCUT2D eigenvalue weighted by Crippen LogP contribution is 2.16. The molecule has 0 radical (unpaired) electrons. The first-order chi connectivity index (χ1) is 34.0. The van der Waals surface area contributed by atoms with E-state index >= 15 is 0 Å². The number of hydrogen-bond acceptors (Lipinski definition) is 5. The highest BCUT2D eigenvalue weighted by Gasteiger charge is 2.18. The lowest BCUT2D eigenvalue weighted by atomic mass is 10.0.